The molecule has 6 nitrogen and oxygen atoms in total. The number of nitrogens with one attached hydrogen (secondary N) is 3. The number of hydrogen-bond acceptors (Lipinski definition) is 4. The van der Waals surface area contributed by atoms with E-state index < -0.39 is 15.9 Å². The summed E-state index contributed by atoms with van der Waals surface area (Å²) in [7, 11) is 2.98. The third kappa shape index (κ3) is 6.54. The van der Waals surface area contributed by atoms with Gasteiger partial charge in [-0.25, -0.2) is 0 Å². The van der Waals surface area contributed by atoms with Gasteiger partial charge >= 0.3 is 0 Å². The number of rotatable bonds is 6. The molecule has 2 rings (SSSR count). The number of methoxy groups -OCH3 is 2. The number of alkyl halides is 3. The summed E-state index contributed by atoms with van der Waals surface area (Å²) >= 11 is 23.5. The standard InChI is InChI=1S/C20H22Cl3N3O3S/c1-11-5-6-12(2)14(9-11)24-19(30)26-18(20(21,22)23)25-17(27)13-7-8-15(28-3)16(10-13)29-4/h5-10,18H,1-4H3,(H,25,27)(H2,24,26,30)/t18-/m1/s1. The average molecular weight is 491 g/mol. The highest BCUT2D eigenvalue weighted by Crippen LogP contribution is 2.31. The lowest BCUT2D eigenvalue weighted by molar-refractivity contribution is 0.0934. The normalized spacial score (nSPS) is 12.0. The summed E-state index contributed by atoms with van der Waals surface area (Å²) in [6, 6.07) is 10.6. The van der Waals surface area contributed by atoms with Crippen LogP contribution in [0.3, 0.4) is 0 Å². The maximum absolute atomic E-state index is 12.7. The number of aryl methyl sites for hydroxylation is 2. The van der Waals surface area contributed by atoms with Crippen LogP contribution in [0.2, 0.25) is 0 Å². The first-order valence-electron chi connectivity index (χ1n) is 8.79. The van der Waals surface area contributed by atoms with Crippen molar-refractivity contribution in [3.63, 3.8) is 0 Å². The summed E-state index contributed by atoms with van der Waals surface area (Å²) in [5.74, 6) is 0.397. The van der Waals surface area contributed by atoms with Gasteiger partial charge in [0.15, 0.2) is 16.6 Å². The van der Waals surface area contributed by atoms with Crippen LogP contribution in [0, 0.1) is 13.8 Å². The predicted molar refractivity (Wildman–Crippen MR) is 126 cm³/mol. The molecule has 0 aliphatic rings. The molecule has 0 saturated heterocycles. The van der Waals surface area contributed by atoms with Crippen LogP contribution in [-0.4, -0.2) is 35.2 Å². The van der Waals surface area contributed by atoms with Gasteiger partial charge in [0.05, 0.1) is 14.2 Å². The summed E-state index contributed by atoms with van der Waals surface area (Å²) in [6.45, 7) is 3.91. The number of benzene rings is 2. The summed E-state index contributed by atoms with van der Waals surface area (Å²) in [4.78, 5) is 12.7. The van der Waals surface area contributed by atoms with Gasteiger partial charge in [-0.3, -0.25) is 4.79 Å². The Labute approximate surface area is 196 Å². The molecule has 1 amide bonds. The second-order valence-electron chi connectivity index (χ2n) is 6.43. The number of thiocarbonyl (C=S) groups is 1. The van der Waals surface area contributed by atoms with E-state index in [9.17, 15) is 4.79 Å². The van der Waals surface area contributed by atoms with E-state index in [0.717, 1.165) is 16.8 Å². The number of anilines is 1. The van der Waals surface area contributed by atoms with Crippen molar-refractivity contribution < 1.29 is 14.3 Å². The first kappa shape index (κ1) is 24.3. The van der Waals surface area contributed by atoms with E-state index in [1.807, 2.05) is 32.0 Å². The fourth-order valence-electron chi connectivity index (χ4n) is 2.55. The van der Waals surface area contributed by atoms with Gasteiger partial charge in [0, 0.05) is 11.3 Å². The monoisotopic (exact) mass is 489 g/mol. The number of hydrogen-bond donors (Lipinski definition) is 3. The molecule has 162 valence electrons. The fourth-order valence-corrected chi connectivity index (χ4v) is 3.11. The number of carbonyl (C=O) groups is 1. The molecule has 30 heavy (non-hydrogen) atoms. The number of amides is 1. The van der Waals surface area contributed by atoms with Crippen LogP contribution >= 0.6 is 47.0 Å². The summed E-state index contributed by atoms with van der Waals surface area (Å²) in [5.41, 5.74) is 3.15. The SMILES string of the molecule is COc1ccc(C(=O)N[C@H](NC(=S)Nc2cc(C)ccc2C)C(Cl)(Cl)Cl)cc1OC. The molecule has 0 aliphatic heterocycles. The van der Waals surface area contributed by atoms with E-state index in [2.05, 4.69) is 16.0 Å². The molecule has 0 aromatic heterocycles. The van der Waals surface area contributed by atoms with Gasteiger partial charge in [-0.2, -0.15) is 0 Å². The van der Waals surface area contributed by atoms with Crippen LogP contribution in [0.4, 0.5) is 5.69 Å². The maximum Gasteiger partial charge on any atom is 0.253 e. The fraction of sp³-hybridized carbons (Fsp3) is 0.300. The smallest absolute Gasteiger partial charge is 0.253 e. The highest BCUT2D eigenvalue weighted by molar-refractivity contribution is 7.80. The molecule has 0 aliphatic carbocycles. The predicted octanol–water partition coefficient (Wildman–Crippen LogP) is 4.73. The molecule has 3 N–H and O–H groups in total. The third-order valence-electron chi connectivity index (χ3n) is 4.17. The first-order valence-corrected chi connectivity index (χ1v) is 10.3. The lowest BCUT2D eigenvalue weighted by atomic mass is 10.1. The molecule has 2 aromatic carbocycles. The zero-order chi connectivity index (χ0) is 22.5. The van der Waals surface area contributed by atoms with Crippen molar-refractivity contribution in [3.05, 3.63) is 53.1 Å². The van der Waals surface area contributed by atoms with Crippen LogP contribution in [0.15, 0.2) is 36.4 Å². The first-order chi connectivity index (χ1) is 14.0. The zero-order valence-electron chi connectivity index (χ0n) is 16.8. The number of carbonyl (C=O) groups excluding carboxylic acids is 1. The van der Waals surface area contributed by atoms with E-state index in [-0.39, 0.29) is 5.11 Å². The van der Waals surface area contributed by atoms with E-state index in [0.29, 0.717) is 17.1 Å². The number of ether oxygens (including phenoxy) is 2. The van der Waals surface area contributed by atoms with Gasteiger partial charge < -0.3 is 25.4 Å². The lowest BCUT2D eigenvalue weighted by Gasteiger charge is -2.28. The van der Waals surface area contributed by atoms with Crippen LogP contribution in [-0.2, 0) is 0 Å². The Morgan fingerprint density at radius 2 is 1.67 bits per heavy atom. The highest BCUT2D eigenvalue weighted by atomic mass is 35.6. The minimum Gasteiger partial charge on any atom is -0.493 e. The molecule has 2 aromatic rings. The Morgan fingerprint density at radius 3 is 2.27 bits per heavy atom. The van der Waals surface area contributed by atoms with Crippen molar-refractivity contribution in [1.82, 2.24) is 10.6 Å². The second-order valence-corrected chi connectivity index (χ2v) is 9.21. The quantitative estimate of drug-likeness (QED) is 0.309. The molecule has 0 heterocycles. The topological polar surface area (TPSA) is 71.6 Å². The molecule has 0 bridgehead atoms. The van der Waals surface area contributed by atoms with Gasteiger partial charge in [0.25, 0.3) is 5.91 Å². The molecule has 1 atom stereocenters. The summed E-state index contributed by atoms with van der Waals surface area (Å²) in [6.07, 6.45) is -1.10. The van der Waals surface area contributed by atoms with Crippen molar-refractivity contribution in [1.29, 1.82) is 0 Å². The van der Waals surface area contributed by atoms with Gasteiger partial charge in [-0.1, -0.05) is 46.9 Å². The van der Waals surface area contributed by atoms with Gasteiger partial charge in [0.2, 0.25) is 3.79 Å². The Balaban J connectivity index is 2.15. The van der Waals surface area contributed by atoms with E-state index >= 15 is 0 Å². The van der Waals surface area contributed by atoms with Crippen molar-refractivity contribution in [2.45, 2.75) is 23.8 Å². The Bertz CT molecular complexity index is 935. The summed E-state index contributed by atoms with van der Waals surface area (Å²) < 4.78 is 8.52. The molecule has 0 saturated carbocycles. The second kappa shape index (κ2) is 10.4. The van der Waals surface area contributed by atoms with Crippen LogP contribution in [0.25, 0.3) is 0 Å². The van der Waals surface area contributed by atoms with Crippen molar-refractivity contribution in [2.75, 3.05) is 19.5 Å². The van der Waals surface area contributed by atoms with E-state index in [4.69, 9.17) is 56.5 Å². The Kier molecular flexibility index (Phi) is 8.43. The maximum atomic E-state index is 12.7. The average Bonchev–Trinajstić information content (AvgIpc) is 2.68. The molecular weight excluding hydrogens is 469 g/mol. The summed E-state index contributed by atoms with van der Waals surface area (Å²) in [5, 5.41) is 8.72. The molecule has 0 fully saturated rings. The van der Waals surface area contributed by atoms with Crippen molar-refractivity contribution in [3.8, 4) is 11.5 Å². The lowest BCUT2D eigenvalue weighted by Crippen LogP contribution is -2.56. The van der Waals surface area contributed by atoms with Gasteiger partial charge in [0.1, 0.15) is 6.17 Å². The minimum atomic E-state index is -1.88. The minimum absolute atomic E-state index is 0.188. The molecule has 10 heteroatoms. The molecule has 0 radical (unpaired) electrons. The number of halogens is 3. The van der Waals surface area contributed by atoms with Crippen LogP contribution in [0.5, 0.6) is 11.5 Å². The third-order valence-corrected chi connectivity index (χ3v) is 5.04. The largest absolute Gasteiger partial charge is 0.493 e. The van der Waals surface area contributed by atoms with Crippen molar-refractivity contribution >= 4 is 63.7 Å². The van der Waals surface area contributed by atoms with Crippen LogP contribution < -0.4 is 25.4 Å². The molecule has 0 spiro atoms. The van der Waals surface area contributed by atoms with E-state index in [1.165, 1.54) is 20.3 Å². The highest BCUT2D eigenvalue weighted by Gasteiger charge is 2.35. The van der Waals surface area contributed by atoms with Gasteiger partial charge in [-0.05, 0) is 61.5 Å². The molecular formula is C20H22Cl3N3O3S. The van der Waals surface area contributed by atoms with E-state index in [1.54, 1.807) is 12.1 Å². The Hall–Kier alpha value is -1.93. The zero-order valence-corrected chi connectivity index (χ0v) is 19.9. The Morgan fingerprint density at radius 1 is 1.00 bits per heavy atom. The van der Waals surface area contributed by atoms with Gasteiger partial charge in [-0.15, -0.1) is 0 Å². The van der Waals surface area contributed by atoms with Crippen LogP contribution in [0.1, 0.15) is 21.5 Å². The molecule has 0 unspecified atom stereocenters. The van der Waals surface area contributed by atoms with Crippen molar-refractivity contribution in [2.24, 2.45) is 0 Å².